The third kappa shape index (κ3) is 6.06. The van der Waals surface area contributed by atoms with Crippen molar-refractivity contribution in [2.75, 3.05) is 19.0 Å². The van der Waals surface area contributed by atoms with Gasteiger partial charge in [-0.15, -0.1) is 11.3 Å². The van der Waals surface area contributed by atoms with Crippen molar-refractivity contribution in [2.45, 2.75) is 6.42 Å². The van der Waals surface area contributed by atoms with Crippen molar-refractivity contribution in [1.29, 1.82) is 0 Å². The molecule has 2 aromatic carbocycles. The Labute approximate surface area is 183 Å². The molecule has 1 aromatic heterocycles. The first-order chi connectivity index (χ1) is 15.0. The number of carbonyl (C=O) groups excluding carboxylic acids is 1. The van der Waals surface area contributed by atoms with Crippen LogP contribution in [0.3, 0.4) is 0 Å². The summed E-state index contributed by atoms with van der Waals surface area (Å²) in [5, 5.41) is 15.9. The van der Waals surface area contributed by atoms with Crippen molar-refractivity contribution in [2.24, 2.45) is 10.7 Å². The maximum Gasteiger partial charge on any atom is 0.409 e. The fourth-order valence-corrected chi connectivity index (χ4v) is 3.46. The highest BCUT2D eigenvalue weighted by Crippen LogP contribution is 2.22. The first-order valence-electron chi connectivity index (χ1n) is 9.39. The first-order valence-corrected chi connectivity index (χ1v) is 10.3. The van der Waals surface area contributed by atoms with Crippen LogP contribution in [0.5, 0.6) is 5.75 Å². The molecule has 5 N–H and O–H groups in total. The highest BCUT2D eigenvalue weighted by Gasteiger charge is 2.14. The van der Waals surface area contributed by atoms with E-state index in [-0.39, 0.29) is 11.3 Å². The molecule has 0 unspecified atom stereocenters. The molecule has 160 valence electrons. The summed E-state index contributed by atoms with van der Waals surface area (Å²) in [6.45, 7) is 0.377. The molecule has 9 heteroatoms. The number of nitrogens with one attached hydrogen (secondary N) is 2. The van der Waals surface area contributed by atoms with Gasteiger partial charge in [-0.05, 0) is 53.8 Å². The molecule has 3 aromatic rings. The van der Waals surface area contributed by atoms with Crippen LogP contribution in [0.15, 0.2) is 65.0 Å². The zero-order valence-electron chi connectivity index (χ0n) is 16.8. The molecular weight excluding hydrogens is 416 g/mol. The number of amides is 2. The van der Waals surface area contributed by atoms with Crippen molar-refractivity contribution in [1.82, 2.24) is 5.32 Å². The maximum atomic E-state index is 12.6. The molecule has 0 aliphatic rings. The lowest BCUT2D eigenvalue weighted by Gasteiger charge is -2.12. The van der Waals surface area contributed by atoms with Gasteiger partial charge >= 0.3 is 6.09 Å². The van der Waals surface area contributed by atoms with E-state index in [4.69, 9.17) is 15.6 Å². The Bertz CT molecular complexity index is 1080. The normalized spacial score (nSPS) is 11.1. The summed E-state index contributed by atoms with van der Waals surface area (Å²) < 4.78 is 5.13. The van der Waals surface area contributed by atoms with Gasteiger partial charge in [-0.2, -0.15) is 0 Å². The van der Waals surface area contributed by atoms with Crippen molar-refractivity contribution in [3.05, 3.63) is 76.0 Å². The minimum absolute atomic E-state index is 0.190. The van der Waals surface area contributed by atoms with Crippen LogP contribution >= 0.6 is 11.3 Å². The second kappa shape index (κ2) is 10.3. The molecule has 0 spiro atoms. The average Bonchev–Trinajstić information content (AvgIpc) is 3.30. The standard InChI is InChI=1S/C22H22N4O4S/c1-30-16-8-9-18(26-22(28)29)17(13-16)21(27)24-11-10-14-4-6-15(7-5-14)25-20(23)19-3-2-12-31-19/h2-9,12-13,26H,10-11H2,1H3,(H2,23,25)(H,24,27)(H,28,29). The number of nitrogens with zero attached hydrogens (tertiary/aromatic N) is 1. The zero-order valence-corrected chi connectivity index (χ0v) is 17.6. The minimum atomic E-state index is -1.25. The number of hydrogen-bond donors (Lipinski definition) is 4. The third-order valence-corrected chi connectivity index (χ3v) is 5.26. The van der Waals surface area contributed by atoms with Crippen LogP contribution in [0.1, 0.15) is 20.8 Å². The topological polar surface area (TPSA) is 126 Å². The lowest BCUT2D eigenvalue weighted by Crippen LogP contribution is -2.27. The number of anilines is 1. The van der Waals surface area contributed by atoms with Crippen LogP contribution in [-0.4, -0.2) is 36.6 Å². The maximum absolute atomic E-state index is 12.6. The molecule has 0 atom stereocenters. The number of carbonyl (C=O) groups is 2. The average molecular weight is 439 g/mol. The van der Waals surface area contributed by atoms with Gasteiger partial charge in [0.25, 0.3) is 5.91 Å². The second-order valence-electron chi connectivity index (χ2n) is 6.49. The molecule has 0 saturated carbocycles. The van der Waals surface area contributed by atoms with Crippen molar-refractivity contribution in [3.8, 4) is 5.75 Å². The lowest BCUT2D eigenvalue weighted by molar-refractivity contribution is 0.0954. The number of aliphatic imine (C=N–C) groups is 1. The molecule has 8 nitrogen and oxygen atoms in total. The Morgan fingerprint density at radius 3 is 2.58 bits per heavy atom. The van der Waals surface area contributed by atoms with Crippen LogP contribution in [0.4, 0.5) is 16.2 Å². The van der Waals surface area contributed by atoms with E-state index in [2.05, 4.69) is 15.6 Å². The summed E-state index contributed by atoms with van der Waals surface area (Å²) in [5.41, 5.74) is 8.15. The van der Waals surface area contributed by atoms with Crippen molar-refractivity contribution >= 4 is 40.5 Å². The minimum Gasteiger partial charge on any atom is -0.497 e. The molecular formula is C22H22N4O4S. The molecule has 31 heavy (non-hydrogen) atoms. The van der Waals surface area contributed by atoms with E-state index in [0.717, 1.165) is 16.1 Å². The Kier molecular flexibility index (Phi) is 7.23. The number of nitrogens with two attached hydrogens (primary N) is 1. The van der Waals surface area contributed by atoms with Gasteiger partial charge in [0, 0.05) is 6.54 Å². The SMILES string of the molecule is COc1ccc(NC(=O)O)c(C(=O)NCCc2ccc(/N=C(\N)c3cccs3)cc2)c1. The molecule has 2 amide bonds. The second-order valence-corrected chi connectivity index (χ2v) is 7.44. The predicted molar refractivity (Wildman–Crippen MR) is 122 cm³/mol. The molecule has 3 rings (SSSR count). The quantitative estimate of drug-likeness (QED) is 0.314. The van der Waals surface area contributed by atoms with E-state index in [1.54, 1.807) is 6.07 Å². The Balaban J connectivity index is 1.59. The van der Waals surface area contributed by atoms with Gasteiger partial charge in [0.2, 0.25) is 0 Å². The molecule has 0 saturated heterocycles. The van der Waals surface area contributed by atoms with E-state index < -0.39 is 12.0 Å². The predicted octanol–water partition coefficient (Wildman–Crippen LogP) is 3.86. The molecule has 0 bridgehead atoms. The fourth-order valence-electron chi connectivity index (χ4n) is 2.83. The summed E-state index contributed by atoms with van der Waals surface area (Å²) in [7, 11) is 1.48. The van der Waals surface area contributed by atoms with Crippen LogP contribution < -0.4 is 21.1 Å². The van der Waals surface area contributed by atoms with Crippen LogP contribution in [-0.2, 0) is 6.42 Å². The number of ether oxygens (including phenoxy) is 1. The number of rotatable bonds is 8. The van der Waals surface area contributed by atoms with Gasteiger partial charge in [-0.25, -0.2) is 9.79 Å². The van der Waals surface area contributed by atoms with Gasteiger partial charge in [-0.1, -0.05) is 18.2 Å². The highest BCUT2D eigenvalue weighted by atomic mass is 32.1. The molecule has 0 radical (unpaired) electrons. The first kappa shape index (κ1) is 21.8. The smallest absolute Gasteiger partial charge is 0.409 e. The Morgan fingerprint density at radius 1 is 1.16 bits per heavy atom. The molecule has 1 heterocycles. The van der Waals surface area contributed by atoms with Gasteiger partial charge in [0.15, 0.2) is 0 Å². The summed E-state index contributed by atoms with van der Waals surface area (Å²) in [4.78, 5) is 28.9. The van der Waals surface area contributed by atoms with E-state index in [9.17, 15) is 9.59 Å². The lowest BCUT2D eigenvalue weighted by atomic mass is 10.1. The summed E-state index contributed by atoms with van der Waals surface area (Å²) in [5.74, 6) is 0.533. The molecule has 0 aliphatic carbocycles. The van der Waals surface area contributed by atoms with Crippen LogP contribution in [0.25, 0.3) is 0 Å². The number of amidine groups is 1. The van der Waals surface area contributed by atoms with E-state index >= 15 is 0 Å². The van der Waals surface area contributed by atoms with Gasteiger partial charge in [0.05, 0.1) is 28.9 Å². The van der Waals surface area contributed by atoms with Gasteiger partial charge in [0.1, 0.15) is 11.6 Å². The monoisotopic (exact) mass is 438 g/mol. The fraction of sp³-hybridized carbons (Fsp3) is 0.136. The van der Waals surface area contributed by atoms with E-state index in [0.29, 0.717) is 24.6 Å². The van der Waals surface area contributed by atoms with Crippen LogP contribution in [0, 0.1) is 0 Å². The molecule has 0 aliphatic heterocycles. The number of thiophene rings is 1. The van der Waals surface area contributed by atoms with Crippen molar-refractivity contribution in [3.63, 3.8) is 0 Å². The zero-order chi connectivity index (χ0) is 22.2. The highest BCUT2D eigenvalue weighted by molar-refractivity contribution is 7.12. The van der Waals surface area contributed by atoms with Gasteiger partial charge < -0.3 is 20.9 Å². The number of benzene rings is 2. The van der Waals surface area contributed by atoms with E-state index in [1.807, 2.05) is 41.8 Å². The number of hydrogen-bond acceptors (Lipinski definition) is 5. The summed E-state index contributed by atoms with van der Waals surface area (Å²) >= 11 is 1.53. The summed E-state index contributed by atoms with van der Waals surface area (Å²) in [6, 6.07) is 16.0. The number of carboxylic acid groups (broad SMARTS) is 1. The van der Waals surface area contributed by atoms with Crippen molar-refractivity contribution < 1.29 is 19.4 Å². The van der Waals surface area contributed by atoms with Gasteiger partial charge in [-0.3, -0.25) is 10.1 Å². The Hall–Kier alpha value is -3.85. The van der Waals surface area contributed by atoms with Crippen LogP contribution in [0.2, 0.25) is 0 Å². The number of methoxy groups -OCH3 is 1. The summed E-state index contributed by atoms with van der Waals surface area (Å²) in [6.07, 6.45) is -0.649. The molecule has 0 fully saturated rings. The third-order valence-electron chi connectivity index (χ3n) is 4.37. The Morgan fingerprint density at radius 2 is 1.94 bits per heavy atom. The largest absolute Gasteiger partial charge is 0.497 e. The van der Waals surface area contributed by atoms with E-state index in [1.165, 1.54) is 30.6 Å².